The van der Waals surface area contributed by atoms with Crippen molar-refractivity contribution in [3.63, 3.8) is 0 Å². The zero-order valence-corrected chi connectivity index (χ0v) is 18.1. The third-order valence-electron chi connectivity index (χ3n) is 5.21. The molecular formula is C21H31N5O4. The lowest BCUT2D eigenvalue weighted by Gasteiger charge is -2.32. The van der Waals surface area contributed by atoms with Crippen LogP contribution in [-0.4, -0.2) is 64.8 Å². The van der Waals surface area contributed by atoms with Gasteiger partial charge in [-0.3, -0.25) is 9.69 Å². The highest BCUT2D eigenvalue weighted by molar-refractivity contribution is 5.91. The summed E-state index contributed by atoms with van der Waals surface area (Å²) < 4.78 is 12.3. The first kappa shape index (κ1) is 21.9. The summed E-state index contributed by atoms with van der Waals surface area (Å²) in [6, 6.07) is 3.81. The molecule has 30 heavy (non-hydrogen) atoms. The van der Waals surface area contributed by atoms with Gasteiger partial charge in [0, 0.05) is 19.6 Å². The molecule has 1 amide bonds. The predicted octanol–water partition coefficient (Wildman–Crippen LogP) is 2.22. The minimum absolute atomic E-state index is 0.00570. The number of ether oxygens (including phenoxy) is 2. The topological polar surface area (TPSA) is 102 Å². The Morgan fingerprint density at radius 1 is 1.30 bits per heavy atom. The first-order chi connectivity index (χ1) is 14.4. The van der Waals surface area contributed by atoms with E-state index >= 15 is 0 Å². The van der Waals surface area contributed by atoms with E-state index in [0.29, 0.717) is 36.2 Å². The number of likely N-dealkylation sites (tertiary alicyclic amines) is 1. The maximum atomic E-state index is 12.2. The molecule has 9 heteroatoms. The molecule has 0 aliphatic carbocycles. The van der Waals surface area contributed by atoms with Gasteiger partial charge >= 0.3 is 0 Å². The predicted molar refractivity (Wildman–Crippen MR) is 112 cm³/mol. The van der Waals surface area contributed by atoms with E-state index in [2.05, 4.69) is 20.5 Å². The summed E-state index contributed by atoms with van der Waals surface area (Å²) in [6.45, 7) is 7.16. The normalized spacial score (nSPS) is 17.2. The van der Waals surface area contributed by atoms with Gasteiger partial charge in [-0.2, -0.15) is 0 Å². The highest BCUT2D eigenvalue weighted by atomic mass is 16.5. The Morgan fingerprint density at radius 3 is 2.63 bits per heavy atom. The van der Waals surface area contributed by atoms with Crippen molar-refractivity contribution in [2.24, 2.45) is 5.92 Å². The van der Waals surface area contributed by atoms with Gasteiger partial charge in [-0.05, 0) is 43.0 Å². The number of piperidine rings is 1. The maximum Gasteiger partial charge on any atom is 0.273 e. The number of phenols is 1. The van der Waals surface area contributed by atoms with Gasteiger partial charge in [-0.1, -0.05) is 19.1 Å². The molecule has 2 heterocycles. The van der Waals surface area contributed by atoms with Gasteiger partial charge in [-0.25, -0.2) is 4.68 Å². The summed E-state index contributed by atoms with van der Waals surface area (Å²) in [5.74, 6) is 0.988. The quantitative estimate of drug-likeness (QED) is 0.679. The van der Waals surface area contributed by atoms with E-state index in [1.54, 1.807) is 10.9 Å². The van der Waals surface area contributed by atoms with Crippen LogP contribution in [0.2, 0.25) is 0 Å². The Labute approximate surface area is 177 Å². The first-order valence-electron chi connectivity index (χ1n) is 10.3. The van der Waals surface area contributed by atoms with Crippen molar-refractivity contribution in [3.8, 4) is 17.2 Å². The molecule has 0 unspecified atom stereocenters. The fourth-order valence-corrected chi connectivity index (χ4v) is 3.63. The molecule has 0 bridgehead atoms. The Balaban J connectivity index is 1.66. The molecule has 9 nitrogen and oxygen atoms in total. The van der Waals surface area contributed by atoms with Gasteiger partial charge < -0.3 is 19.9 Å². The molecule has 3 rings (SSSR count). The van der Waals surface area contributed by atoms with Crippen LogP contribution in [0.15, 0.2) is 18.3 Å². The molecule has 0 saturated carbocycles. The number of aromatic nitrogens is 3. The molecule has 1 aromatic carbocycles. The molecule has 0 spiro atoms. The number of carbonyl (C=O) groups is 1. The van der Waals surface area contributed by atoms with E-state index in [4.69, 9.17) is 9.47 Å². The number of hydrogen-bond donors (Lipinski definition) is 2. The Morgan fingerprint density at radius 2 is 2.00 bits per heavy atom. The van der Waals surface area contributed by atoms with Crippen LogP contribution in [0.25, 0.3) is 0 Å². The van der Waals surface area contributed by atoms with E-state index in [0.717, 1.165) is 31.5 Å². The highest BCUT2D eigenvalue weighted by Gasteiger charge is 2.24. The van der Waals surface area contributed by atoms with Crippen molar-refractivity contribution < 1.29 is 19.4 Å². The van der Waals surface area contributed by atoms with E-state index in [1.807, 2.05) is 26.0 Å². The number of nitrogens with zero attached hydrogens (tertiary/aromatic N) is 4. The number of aromatic hydroxyl groups is 1. The first-order valence-corrected chi connectivity index (χ1v) is 10.3. The van der Waals surface area contributed by atoms with Gasteiger partial charge in [0.1, 0.15) is 0 Å². The number of carbonyl (C=O) groups excluding carboxylic acids is 1. The summed E-state index contributed by atoms with van der Waals surface area (Å²) >= 11 is 0. The number of rotatable bonds is 8. The molecular weight excluding hydrogens is 386 g/mol. The van der Waals surface area contributed by atoms with Crippen LogP contribution in [-0.2, 0) is 6.54 Å². The second-order valence-electron chi connectivity index (χ2n) is 8.07. The van der Waals surface area contributed by atoms with Crippen LogP contribution >= 0.6 is 0 Å². The van der Waals surface area contributed by atoms with Crippen LogP contribution < -0.4 is 14.8 Å². The van der Waals surface area contributed by atoms with Gasteiger partial charge in [0.25, 0.3) is 5.91 Å². The van der Waals surface area contributed by atoms with Crippen LogP contribution in [0, 0.1) is 5.92 Å². The van der Waals surface area contributed by atoms with Crippen LogP contribution in [0.3, 0.4) is 0 Å². The van der Waals surface area contributed by atoms with Gasteiger partial charge in [0.15, 0.2) is 17.2 Å². The molecule has 164 valence electrons. The van der Waals surface area contributed by atoms with Crippen molar-refractivity contribution in [2.45, 2.75) is 39.3 Å². The summed E-state index contributed by atoms with van der Waals surface area (Å²) in [7, 11) is 3.05. The average Bonchev–Trinajstić information content (AvgIpc) is 3.23. The lowest BCUT2D eigenvalue weighted by Crippen LogP contribution is -2.36. The highest BCUT2D eigenvalue weighted by Crippen LogP contribution is 2.37. The van der Waals surface area contributed by atoms with Gasteiger partial charge in [-0.15, -0.1) is 5.10 Å². The minimum atomic E-state index is -0.189. The molecule has 1 aliphatic heterocycles. The number of methoxy groups -OCH3 is 2. The lowest BCUT2D eigenvalue weighted by molar-refractivity contribution is 0.0944. The number of amides is 1. The zero-order valence-electron chi connectivity index (χ0n) is 18.1. The molecule has 0 radical (unpaired) electrons. The standard InChI is InChI=1S/C21H31N5O4/c1-14(2)10-22-21(28)17-13-26(24-23-17)16-6-5-7-25(12-16)11-15-8-18(29-3)20(27)19(9-15)30-4/h8-9,13-14,16,27H,5-7,10-12H2,1-4H3,(H,22,28)/t16-/m0/s1. The fraction of sp³-hybridized carbons (Fsp3) is 0.571. The zero-order chi connectivity index (χ0) is 21.7. The second-order valence-corrected chi connectivity index (χ2v) is 8.07. The summed E-state index contributed by atoms with van der Waals surface area (Å²) in [5.41, 5.74) is 1.34. The number of benzene rings is 1. The van der Waals surface area contributed by atoms with Crippen molar-refractivity contribution in [1.29, 1.82) is 0 Å². The van der Waals surface area contributed by atoms with E-state index in [9.17, 15) is 9.90 Å². The molecule has 2 N–H and O–H groups in total. The average molecular weight is 418 g/mol. The van der Waals surface area contributed by atoms with Crippen LogP contribution in [0.4, 0.5) is 0 Å². The van der Waals surface area contributed by atoms with E-state index < -0.39 is 0 Å². The monoisotopic (exact) mass is 417 g/mol. The van der Waals surface area contributed by atoms with Crippen molar-refractivity contribution in [2.75, 3.05) is 33.9 Å². The van der Waals surface area contributed by atoms with Crippen LogP contribution in [0.1, 0.15) is 48.8 Å². The summed E-state index contributed by atoms with van der Waals surface area (Å²) in [6.07, 6.45) is 3.73. The SMILES string of the molecule is COc1cc(CN2CCC[C@H](n3cc(C(=O)NCC(C)C)nn3)C2)cc(OC)c1O. The van der Waals surface area contributed by atoms with Crippen LogP contribution in [0.5, 0.6) is 17.2 Å². The van der Waals surface area contributed by atoms with Gasteiger partial charge in [0.2, 0.25) is 5.75 Å². The number of hydrogen-bond acceptors (Lipinski definition) is 7. The molecule has 1 saturated heterocycles. The molecule has 1 aliphatic rings. The molecule has 1 atom stereocenters. The largest absolute Gasteiger partial charge is 0.502 e. The smallest absolute Gasteiger partial charge is 0.273 e. The second kappa shape index (κ2) is 9.80. The van der Waals surface area contributed by atoms with Crippen molar-refractivity contribution in [1.82, 2.24) is 25.2 Å². The maximum absolute atomic E-state index is 12.2. The molecule has 1 aromatic heterocycles. The fourth-order valence-electron chi connectivity index (χ4n) is 3.63. The summed E-state index contributed by atoms with van der Waals surface area (Å²) in [5, 5.41) is 21.2. The summed E-state index contributed by atoms with van der Waals surface area (Å²) in [4.78, 5) is 14.5. The van der Waals surface area contributed by atoms with Crippen molar-refractivity contribution in [3.05, 3.63) is 29.6 Å². The van der Waals surface area contributed by atoms with E-state index in [1.165, 1.54) is 14.2 Å². The lowest BCUT2D eigenvalue weighted by atomic mass is 10.0. The minimum Gasteiger partial charge on any atom is -0.502 e. The third-order valence-corrected chi connectivity index (χ3v) is 5.21. The Kier molecular flexibility index (Phi) is 7.15. The molecule has 1 fully saturated rings. The van der Waals surface area contributed by atoms with Gasteiger partial charge in [0.05, 0.1) is 26.5 Å². The van der Waals surface area contributed by atoms with E-state index in [-0.39, 0.29) is 17.7 Å². The third kappa shape index (κ3) is 5.21. The number of phenolic OH excluding ortho intramolecular Hbond substituents is 1. The number of nitrogens with one attached hydrogen (secondary N) is 1. The Bertz CT molecular complexity index is 842. The van der Waals surface area contributed by atoms with Crippen molar-refractivity contribution >= 4 is 5.91 Å². The molecule has 2 aromatic rings. The Hall–Kier alpha value is -2.81.